The summed E-state index contributed by atoms with van der Waals surface area (Å²) in [7, 11) is 0. The van der Waals surface area contributed by atoms with Crippen molar-refractivity contribution in [2.45, 2.75) is 56.8 Å². The van der Waals surface area contributed by atoms with Crippen molar-refractivity contribution in [1.29, 1.82) is 0 Å². The van der Waals surface area contributed by atoms with Crippen LogP contribution in [0.15, 0.2) is 0 Å². The van der Waals surface area contributed by atoms with Gasteiger partial charge in [0.15, 0.2) is 0 Å². The van der Waals surface area contributed by atoms with E-state index in [0.29, 0.717) is 23.8 Å². The van der Waals surface area contributed by atoms with E-state index >= 15 is 0 Å². The predicted molar refractivity (Wildman–Crippen MR) is 83.9 cm³/mol. The monoisotopic (exact) mass is 289 g/mol. The molecule has 0 aromatic heterocycles. The van der Waals surface area contributed by atoms with Gasteiger partial charge in [0, 0.05) is 24.4 Å². The fourth-order valence-electron chi connectivity index (χ4n) is 2.61. The van der Waals surface area contributed by atoms with Crippen molar-refractivity contribution in [3.05, 3.63) is 0 Å². The first-order chi connectivity index (χ1) is 9.08. The molecule has 114 valence electrons. The second kappa shape index (κ2) is 9.22. The van der Waals surface area contributed by atoms with Crippen LogP contribution in [0.2, 0.25) is 0 Å². The lowest BCUT2D eigenvalue weighted by Gasteiger charge is -2.36. The number of rotatable bonds is 9. The van der Waals surface area contributed by atoms with Gasteiger partial charge in [-0.15, -0.1) is 0 Å². The molecule has 1 unspecified atom stereocenters. The van der Waals surface area contributed by atoms with E-state index in [1.807, 2.05) is 11.8 Å². The topological polar surface area (TPSA) is 41.5 Å². The molecule has 0 aromatic rings. The van der Waals surface area contributed by atoms with Crippen molar-refractivity contribution >= 4 is 11.8 Å². The number of hydrogen-bond acceptors (Lipinski definition) is 4. The third kappa shape index (κ3) is 6.98. The van der Waals surface area contributed by atoms with Gasteiger partial charge in [0.2, 0.25) is 0 Å². The Morgan fingerprint density at radius 2 is 1.89 bits per heavy atom. The summed E-state index contributed by atoms with van der Waals surface area (Å²) in [6, 6.07) is 0. The van der Waals surface area contributed by atoms with E-state index in [-0.39, 0.29) is 6.10 Å². The third-order valence-corrected chi connectivity index (χ3v) is 5.20. The normalized spacial score (nSPS) is 20.7. The second-order valence-corrected chi connectivity index (χ2v) is 7.44. The summed E-state index contributed by atoms with van der Waals surface area (Å²) < 4.78 is 5.86. The first-order valence-electron chi connectivity index (χ1n) is 7.60. The van der Waals surface area contributed by atoms with Gasteiger partial charge in [-0.1, -0.05) is 33.1 Å². The summed E-state index contributed by atoms with van der Waals surface area (Å²) in [6.45, 7) is 7.06. The SMILES string of the molecule is CSC1(CNCC(O)COCC(C)C)CCCCC1. The maximum Gasteiger partial charge on any atom is 0.0897 e. The zero-order valence-corrected chi connectivity index (χ0v) is 13.6. The van der Waals surface area contributed by atoms with Crippen LogP contribution < -0.4 is 5.32 Å². The Kier molecular flexibility index (Phi) is 8.38. The van der Waals surface area contributed by atoms with Crippen LogP contribution in [0.25, 0.3) is 0 Å². The predicted octanol–water partition coefficient (Wildman–Crippen LogP) is 2.68. The highest BCUT2D eigenvalue weighted by Gasteiger charge is 2.30. The fourth-order valence-corrected chi connectivity index (χ4v) is 3.56. The number of aliphatic hydroxyl groups excluding tert-OH is 1. The molecular formula is C15H31NO2S. The minimum atomic E-state index is -0.388. The van der Waals surface area contributed by atoms with E-state index in [2.05, 4.69) is 25.4 Å². The number of aliphatic hydroxyl groups is 1. The molecule has 4 heteroatoms. The Hall–Kier alpha value is 0.230. The van der Waals surface area contributed by atoms with Crippen LogP contribution in [0.5, 0.6) is 0 Å². The van der Waals surface area contributed by atoms with Crippen LogP contribution in [-0.2, 0) is 4.74 Å². The summed E-state index contributed by atoms with van der Waals surface area (Å²) in [5.41, 5.74) is 0. The molecule has 0 saturated heterocycles. The maximum absolute atomic E-state index is 9.85. The van der Waals surface area contributed by atoms with E-state index < -0.39 is 0 Å². The Morgan fingerprint density at radius 1 is 1.21 bits per heavy atom. The Morgan fingerprint density at radius 3 is 2.47 bits per heavy atom. The Balaban J connectivity index is 2.13. The highest BCUT2D eigenvalue weighted by atomic mass is 32.2. The van der Waals surface area contributed by atoms with E-state index in [0.717, 1.165) is 13.2 Å². The molecule has 1 saturated carbocycles. The molecule has 0 aliphatic heterocycles. The molecule has 1 fully saturated rings. The first-order valence-corrected chi connectivity index (χ1v) is 8.82. The largest absolute Gasteiger partial charge is 0.389 e. The lowest BCUT2D eigenvalue weighted by atomic mass is 9.88. The summed E-state index contributed by atoms with van der Waals surface area (Å²) in [5, 5.41) is 13.3. The molecule has 1 rings (SSSR count). The lowest BCUT2D eigenvalue weighted by molar-refractivity contribution is 0.0259. The molecule has 0 aromatic carbocycles. The highest BCUT2D eigenvalue weighted by Crippen LogP contribution is 2.37. The van der Waals surface area contributed by atoms with E-state index in [1.54, 1.807) is 0 Å². The van der Waals surface area contributed by atoms with E-state index in [4.69, 9.17) is 4.74 Å². The van der Waals surface area contributed by atoms with E-state index in [9.17, 15) is 5.11 Å². The van der Waals surface area contributed by atoms with Gasteiger partial charge in [0.25, 0.3) is 0 Å². The van der Waals surface area contributed by atoms with Crippen molar-refractivity contribution < 1.29 is 9.84 Å². The van der Waals surface area contributed by atoms with Crippen molar-refractivity contribution in [2.24, 2.45) is 5.92 Å². The van der Waals surface area contributed by atoms with Gasteiger partial charge >= 0.3 is 0 Å². The highest BCUT2D eigenvalue weighted by molar-refractivity contribution is 8.00. The first kappa shape index (κ1) is 17.3. The maximum atomic E-state index is 9.85. The average molecular weight is 289 g/mol. The van der Waals surface area contributed by atoms with Gasteiger partial charge < -0.3 is 15.2 Å². The van der Waals surface area contributed by atoms with Gasteiger partial charge in [-0.25, -0.2) is 0 Å². The number of nitrogens with one attached hydrogen (secondary N) is 1. The van der Waals surface area contributed by atoms with E-state index in [1.165, 1.54) is 32.1 Å². The van der Waals surface area contributed by atoms with Crippen LogP contribution >= 0.6 is 11.8 Å². The summed E-state index contributed by atoms with van der Waals surface area (Å²) in [4.78, 5) is 0. The van der Waals surface area contributed by atoms with Crippen molar-refractivity contribution in [3.8, 4) is 0 Å². The third-order valence-electron chi connectivity index (χ3n) is 3.79. The van der Waals surface area contributed by atoms with Crippen molar-refractivity contribution in [3.63, 3.8) is 0 Å². The van der Waals surface area contributed by atoms with Crippen LogP contribution in [0.1, 0.15) is 46.0 Å². The minimum absolute atomic E-state index is 0.388. The lowest BCUT2D eigenvalue weighted by Crippen LogP contribution is -2.42. The molecule has 3 nitrogen and oxygen atoms in total. The van der Waals surface area contributed by atoms with Crippen LogP contribution in [-0.4, -0.2) is 48.5 Å². The molecule has 1 aliphatic carbocycles. The molecule has 0 heterocycles. The molecule has 1 atom stereocenters. The van der Waals surface area contributed by atoms with Crippen LogP contribution in [0.3, 0.4) is 0 Å². The van der Waals surface area contributed by atoms with Gasteiger partial charge in [0.05, 0.1) is 12.7 Å². The van der Waals surface area contributed by atoms with Crippen molar-refractivity contribution in [1.82, 2.24) is 5.32 Å². The number of thioether (sulfide) groups is 1. The minimum Gasteiger partial charge on any atom is -0.389 e. The molecule has 0 spiro atoms. The van der Waals surface area contributed by atoms with Gasteiger partial charge in [-0.3, -0.25) is 0 Å². The molecule has 0 bridgehead atoms. The molecule has 0 amide bonds. The summed E-state index contributed by atoms with van der Waals surface area (Å²) >= 11 is 1.99. The smallest absolute Gasteiger partial charge is 0.0897 e. The number of hydrogen-bond donors (Lipinski definition) is 2. The molecular weight excluding hydrogens is 258 g/mol. The van der Waals surface area contributed by atoms with Gasteiger partial charge in [0.1, 0.15) is 0 Å². The summed E-state index contributed by atoms with van der Waals surface area (Å²) in [5.74, 6) is 0.530. The summed E-state index contributed by atoms with van der Waals surface area (Å²) in [6.07, 6.45) is 8.53. The van der Waals surface area contributed by atoms with Crippen LogP contribution in [0.4, 0.5) is 0 Å². The zero-order valence-electron chi connectivity index (χ0n) is 12.8. The molecule has 2 N–H and O–H groups in total. The zero-order chi connectivity index (χ0) is 14.1. The van der Waals surface area contributed by atoms with Crippen LogP contribution in [0, 0.1) is 5.92 Å². The van der Waals surface area contributed by atoms with Gasteiger partial charge in [-0.05, 0) is 25.0 Å². The fraction of sp³-hybridized carbons (Fsp3) is 1.00. The Bertz CT molecular complexity index is 230. The quantitative estimate of drug-likeness (QED) is 0.685. The average Bonchev–Trinajstić information content (AvgIpc) is 2.39. The molecule has 1 aliphatic rings. The second-order valence-electron chi connectivity index (χ2n) is 6.16. The molecule has 19 heavy (non-hydrogen) atoms. The number of ether oxygens (including phenoxy) is 1. The standard InChI is InChI=1S/C15H31NO2S/c1-13(2)10-18-11-14(17)9-16-12-15(19-3)7-5-4-6-8-15/h13-14,16-17H,4-12H2,1-3H3. The molecule has 0 radical (unpaired) electrons. The van der Waals surface area contributed by atoms with Crippen molar-refractivity contribution in [2.75, 3.05) is 32.6 Å². The Labute approximate surface area is 122 Å². The van der Waals surface area contributed by atoms with Gasteiger partial charge in [-0.2, -0.15) is 11.8 Å².